The third-order valence-corrected chi connectivity index (χ3v) is 4.75. The van der Waals surface area contributed by atoms with Gasteiger partial charge in [-0.15, -0.1) is 0 Å². The van der Waals surface area contributed by atoms with Crippen LogP contribution in [0.2, 0.25) is 0 Å². The van der Waals surface area contributed by atoms with Gasteiger partial charge in [0.15, 0.2) is 13.1 Å². The summed E-state index contributed by atoms with van der Waals surface area (Å²) in [5.41, 5.74) is 0.920. The molecule has 0 bridgehead atoms. The number of likely N-dealkylation sites (N-methyl/N-ethyl adjacent to an activating group) is 2. The largest absolute Gasteiger partial charge is 0.467 e. The van der Waals surface area contributed by atoms with Gasteiger partial charge < -0.3 is 24.9 Å². The Hall–Kier alpha value is -3.13. The summed E-state index contributed by atoms with van der Waals surface area (Å²) in [6.45, 7) is 0.652. The van der Waals surface area contributed by atoms with Crippen molar-refractivity contribution >= 4 is 23.4 Å². The van der Waals surface area contributed by atoms with E-state index in [2.05, 4.69) is 10.6 Å². The average molecular weight is 399 g/mol. The summed E-state index contributed by atoms with van der Waals surface area (Å²) in [5.74, 6) is 0.141. The van der Waals surface area contributed by atoms with Crippen LogP contribution in [0.15, 0.2) is 47.1 Å². The lowest BCUT2D eigenvalue weighted by Crippen LogP contribution is -3.11. The lowest BCUT2D eigenvalue weighted by molar-refractivity contribution is -0.862. The van der Waals surface area contributed by atoms with Crippen LogP contribution in [-0.4, -0.2) is 50.9 Å². The number of hydrogen-bond donors (Lipinski definition) is 3. The monoisotopic (exact) mass is 399 g/mol. The van der Waals surface area contributed by atoms with Crippen molar-refractivity contribution in [3.63, 3.8) is 0 Å². The Balaban J connectivity index is 1.58. The topological polar surface area (TPSA) is 96.1 Å². The molecule has 2 aromatic rings. The summed E-state index contributed by atoms with van der Waals surface area (Å²) in [4.78, 5) is 39.5. The number of anilines is 1. The highest BCUT2D eigenvalue weighted by Crippen LogP contribution is 2.19. The molecule has 1 fully saturated rings. The Morgan fingerprint density at radius 3 is 2.59 bits per heavy atom. The molecule has 0 radical (unpaired) electrons. The van der Waals surface area contributed by atoms with Crippen molar-refractivity contribution in [2.75, 3.05) is 32.1 Å². The van der Waals surface area contributed by atoms with E-state index in [1.54, 1.807) is 56.8 Å². The molecule has 1 aliphatic carbocycles. The molecule has 8 nitrogen and oxygen atoms in total. The predicted molar refractivity (Wildman–Crippen MR) is 108 cm³/mol. The van der Waals surface area contributed by atoms with E-state index in [-0.39, 0.29) is 37.4 Å². The number of carbonyl (C=O) groups is 3. The third kappa shape index (κ3) is 5.92. The second-order valence-electron chi connectivity index (χ2n) is 7.38. The van der Waals surface area contributed by atoms with Gasteiger partial charge in [-0.05, 0) is 37.1 Å². The highest BCUT2D eigenvalue weighted by Gasteiger charge is 2.26. The normalized spacial score (nSPS) is 14.1. The first-order valence-electron chi connectivity index (χ1n) is 9.71. The van der Waals surface area contributed by atoms with Gasteiger partial charge in [-0.2, -0.15) is 0 Å². The first-order chi connectivity index (χ1) is 13.9. The minimum atomic E-state index is -0.291. The number of nitrogens with zero attached hydrogens (tertiary/aromatic N) is 1. The maximum Gasteiger partial charge on any atom is 0.281 e. The molecule has 0 aliphatic heterocycles. The van der Waals surface area contributed by atoms with E-state index in [1.165, 1.54) is 4.90 Å². The lowest BCUT2D eigenvalue weighted by Gasteiger charge is -2.22. The van der Waals surface area contributed by atoms with Gasteiger partial charge in [-0.1, -0.05) is 12.1 Å². The molecule has 1 aromatic heterocycles. The molecule has 3 rings (SSSR count). The van der Waals surface area contributed by atoms with Crippen LogP contribution in [0.4, 0.5) is 5.69 Å². The van der Waals surface area contributed by atoms with Crippen molar-refractivity contribution in [1.29, 1.82) is 0 Å². The molecule has 29 heavy (non-hydrogen) atoms. The SMILES string of the molecule is CN(C(=O)C[NH+](C)CC(=O)NC1CC1)c1ccccc1C(=O)NCc1ccco1. The first kappa shape index (κ1) is 20.6. The Morgan fingerprint density at radius 1 is 1.14 bits per heavy atom. The Labute approximate surface area is 169 Å². The highest BCUT2D eigenvalue weighted by atomic mass is 16.3. The Kier molecular flexibility index (Phi) is 6.66. The molecule has 8 heteroatoms. The summed E-state index contributed by atoms with van der Waals surface area (Å²) >= 11 is 0. The number of amides is 3. The molecule has 1 heterocycles. The number of furan rings is 1. The van der Waals surface area contributed by atoms with Crippen molar-refractivity contribution < 1.29 is 23.7 Å². The fourth-order valence-corrected chi connectivity index (χ4v) is 2.99. The second kappa shape index (κ2) is 9.38. The molecular formula is C21H27N4O4+. The maximum atomic E-state index is 12.7. The Morgan fingerprint density at radius 2 is 1.90 bits per heavy atom. The molecule has 1 atom stereocenters. The van der Waals surface area contributed by atoms with Crippen molar-refractivity contribution in [2.45, 2.75) is 25.4 Å². The zero-order valence-corrected chi connectivity index (χ0v) is 16.7. The van der Waals surface area contributed by atoms with E-state index in [9.17, 15) is 14.4 Å². The van der Waals surface area contributed by atoms with Gasteiger partial charge in [0.25, 0.3) is 17.7 Å². The molecule has 3 N–H and O–H groups in total. The van der Waals surface area contributed by atoms with Gasteiger partial charge in [0.1, 0.15) is 5.76 Å². The molecular weight excluding hydrogens is 372 g/mol. The second-order valence-corrected chi connectivity index (χ2v) is 7.38. The molecule has 154 valence electrons. The first-order valence-corrected chi connectivity index (χ1v) is 9.71. The number of quaternary nitrogens is 1. The number of para-hydroxylation sites is 1. The van der Waals surface area contributed by atoms with Crippen molar-refractivity contribution in [3.8, 4) is 0 Å². The molecule has 1 aliphatic rings. The molecule has 1 aromatic carbocycles. The predicted octanol–water partition coefficient (Wildman–Crippen LogP) is -0.0343. The van der Waals surface area contributed by atoms with Crippen LogP contribution >= 0.6 is 0 Å². The van der Waals surface area contributed by atoms with E-state index < -0.39 is 0 Å². The van der Waals surface area contributed by atoms with Gasteiger partial charge in [0, 0.05) is 13.1 Å². The van der Waals surface area contributed by atoms with Crippen LogP contribution in [0.25, 0.3) is 0 Å². The number of rotatable bonds is 9. The minimum Gasteiger partial charge on any atom is -0.467 e. The van der Waals surface area contributed by atoms with E-state index in [0.29, 0.717) is 23.1 Å². The summed E-state index contributed by atoms with van der Waals surface area (Å²) < 4.78 is 5.22. The zero-order valence-electron chi connectivity index (χ0n) is 16.7. The number of carbonyl (C=O) groups excluding carboxylic acids is 3. The van der Waals surface area contributed by atoms with E-state index >= 15 is 0 Å². The minimum absolute atomic E-state index is 0.0434. The number of hydrogen-bond acceptors (Lipinski definition) is 4. The Bertz CT molecular complexity index is 861. The number of benzene rings is 1. The molecule has 0 spiro atoms. The molecule has 1 saturated carbocycles. The van der Waals surface area contributed by atoms with Crippen LogP contribution in [-0.2, 0) is 16.1 Å². The van der Waals surface area contributed by atoms with Gasteiger partial charge in [0.2, 0.25) is 0 Å². The van der Waals surface area contributed by atoms with Gasteiger partial charge in [-0.25, -0.2) is 0 Å². The van der Waals surface area contributed by atoms with Crippen molar-refractivity contribution in [3.05, 3.63) is 54.0 Å². The highest BCUT2D eigenvalue weighted by molar-refractivity contribution is 6.04. The average Bonchev–Trinajstić information content (AvgIpc) is 3.35. The van der Waals surface area contributed by atoms with Gasteiger partial charge >= 0.3 is 0 Å². The van der Waals surface area contributed by atoms with Crippen molar-refractivity contribution in [1.82, 2.24) is 10.6 Å². The van der Waals surface area contributed by atoms with Gasteiger partial charge in [0.05, 0.1) is 31.1 Å². The quantitative estimate of drug-likeness (QED) is 0.552. The van der Waals surface area contributed by atoms with Crippen LogP contribution in [0.1, 0.15) is 29.0 Å². The molecule has 1 unspecified atom stereocenters. The number of nitrogens with one attached hydrogen (secondary N) is 3. The summed E-state index contributed by atoms with van der Waals surface area (Å²) in [5, 5.41) is 5.72. The van der Waals surface area contributed by atoms with E-state index in [1.807, 2.05) is 0 Å². The standard InChI is InChI=1S/C21H26N4O4/c1-24(13-19(26)23-15-9-10-15)14-20(27)25(2)18-8-4-3-7-17(18)21(28)22-12-16-6-5-11-29-16/h3-8,11,15H,9-10,12-14H2,1-2H3,(H,22,28)(H,23,26)/p+1. The van der Waals surface area contributed by atoms with Crippen molar-refractivity contribution in [2.24, 2.45) is 0 Å². The summed E-state index contributed by atoms with van der Waals surface area (Å²) in [6, 6.07) is 10.8. The van der Waals surface area contributed by atoms with Crippen LogP contribution in [0, 0.1) is 0 Å². The maximum absolute atomic E-state index is 12.7. The third-order valence-electron chi connectivity index (χ3n) is 4.75. The van der Waals surface area contributed by atoms with Crippen LogP contribution in [0.5, 0.6) is 0 Å². The fourth-order valence-electron chi connectivity index (χ4n) is 2.99. The van der Waals surface area contributed by atoms with E-state index in [4.69, 9.17) is 4.42 Å². The molecule has 0 saturated heterocycles. The summed E-state index contributed by atoms with van der Waals surface area (Å²) in [7, 11) is 3.44. The lowest BCUT2D eigenvalue weighted by atomic mass is 10.1. The van der Waals surface area contributed by atoms with Crippen LogP contribution in [0.3, 0.4) is 0 Å². The van der Waals surface area contributed by atoms with Gasteiger partial charge in [-0.3, -0.25) is 14.4 Å². The molecule has 3 amide bonds. The van der Waals surface area contributed by atoms with Crippen LogP contribution < -0.4 is 20.4 Å². The summed E-state index contributed by atoms with van der Waals surface area (Å²) in [6.07, 6.45) is 3.61. The fraction of sp³-hybridized carbons (Fsp3) is 0.381. The smallest absolute Gasteiger partial charge is 0.281 e. The van der Waals surface area contributed by atoms with E-state index in [0.717, 1.165) is 17.7 Å². The zero-order chi connectivity index (χ0) is 20.8.